The maximum Gasteiger partial charge on any atom is 0.320 e. The van der Waals surface area contributed by atoms with Crippen LogP contribution in [0.5, 0.6) is 6.01 Å². The first kappa shape index (κ1) is 27.6. The van der Waals surface area contributed by atoms with Gasteiger partial charge in [0.15, 0.2) is 11.5 Å². The van der Waals surface area contributed by atoms with E-state index >= 15 is 0 Å². The molecule has 4 aromatic rings. The van der Waals surface area contributed by atoms with E-state index < -0.39 is 11.7 Å². The van der Waals surface area contributed by atoms with E-state index in [4.69, 9.17) is 42.6 Å². The predicted octanol–water partition coefficient (Wildman–Crippen LogP) is 3.71. The zero-order valence-electron chi connectivity index (χ0n) is 22.4. The molecule has 0 unspecified atom stereocenters. The summed E-state index contributed by atoms with van der Waals surface area (Å²) in [5.74, 6) is -1.08. The standard InChI is InChI=1S/C27H27Cl2FN8O3/c1-14(30)26(39)38-8-6-37(7-9-38)25-15-4-5-18(22-16-11-31-35-19(16)10-17(28)23(22)29)32-24(15)33-27(34-25)41-21-13-36(2)12-20(21)40-3/h4-5,10-11,20-21H,1,6-9,12-13H2,2-3H3,(H,31,35)/t20-,21-/m1/s1. The van der Waals surface area contributed by atoms with Crippen LogP contribution in [-0.2, 0) is 9.53 Å². The maximum atomic E-state index is 13.5. The molecule has 0 spiro atoms. The number of rotatable bonds is 6. The van der Waals surface area contributed by atoms with Crippen molar-refractivity contribution >= 4 is 56.9 Å². The molecule has 0 saturated carbocycles. The number of carbonyl (C=O) groups is 1. The molecule has 6 rings (SSSR count). The van der Waals surface area contributed by atoms with Crippen molar-refractivity contribution in [2.75, 3.05) is 58.3 Å². The van der Waals surface area contributed by atoms with Crippen molar-refractivity contribution in [1.29, 1.82) is 0 Å². The molecule has 11 nitrogen and oxygen atoms in total. The summed E-state index contributed by atoms with van der Waals surface area (Å²) < 4.78 is 25.4. The van der Waals surface area contributed by atoms with Gasteiger partial charge >= 0.3 is 6.01 Å². The Hall–Kier alpha value is -3.58. The number of benzene rings is 1. The Balaban J connectivity index is 1.43. The molecule has 2 aliphatic heterocycles. The Morgan fingerprint density at radius 1 is 1.10 bits per heavy atom. The van der Waals surface area contributed by atoms with Crippen molar-refractivity contribution in [3.05, 3.63) is 46.8 Å². The number of hydrogen-bond acceptors (Lipinski definition) is 9. The first-order valence-electron chi connectivity index (χ1n) is 13.0. The van der Waals surface area contributed by atoms with E-state index in [0.29, 0.717) is 77.4 Å². The second-order valence-corrected chi connectivity index (χ2v) is 10.9. The number of likely N-dealkylation sites (N-methyl/N-ethyl adjacent to an activating group) is 1. The number of anilines is 1. The van der Waals surface area contributed by atoms with Gasteiger partial charge in [0.1, 0.15) is 18.0 Å². The molecule has 214 valence electrons. The Bertz CT molecular complexity index is 1660. The summed E-state index contributed by atoms with van der Waals surface area (Å²) in [7, 11) is 3.65. The van der Waals surface area contributed by atoms with Crippen LogP contribution in [-0.4, -0.2) is 106 Å². The highest BCUT2D eigenvalue weighted by Gasteiger charge is 2.34. The van der Waals surface area contributed by atoms with Crippen LogP contribution in [0.15, 0.2) is 36.8 Å². The molecule has 2 atom stereocenters. The molecular formula is C27H27Cl2FN8O3. The van der Waals surface area contributed by atoms with E-state index in [2.05, 4.69) is 26.7 Å². The highest BCUT2D eigenvalue weighted by atomic mass is 35.5. The minimum atomic E-state index is -0.973. The minimum Gasteiger partial charge on any atom is -0.456 e. The highest BCUT2D eigenvalue weighted by molar-refractivity contribution is 6.45. The van der Waals surface area contributed by atoms with Gasteiger partial charge in [-0.2, -0.15) is 15.1 Å². The monoisotopic (exact) mass is 600 g/mol. The first-order chi connectivity index (χ1) is 19.7. The number of aromatic amines is 1. The molecule has 0 aliphatic carbocycles. The van der Waals surface area contributed by atoms with Gasteiger partial charge in [-0.15, -0.1) is 0 Å². The van der Waals surface area contributed by atoms with E-state index in [1.807, 2.05) is 24.1 Å². The molecule has 1 N–H and O–H groups in total. The first-order valence-corrected chi connectivity index (χ1v) is 13.8. The van der Waals surface area contributed by atoms with Crippen LogP contribution < -0.4 is 9.64 Å². The van der Waals surface area contributed by atoms with Crippen LogP contribution in [0, 0.1) is 0 Å². The number of nitrogens with one attached hydrogen (secondary N) is 1. The number of pyridine rings is 1. The number of halogens is 3. The maximum absolute atomic E-state index is 13.5. The average Bonchev–Trinajstić information content (AvgIpc) is 3.57. The third-order valence-corrected chi connectivity index (χ3v) is 8.26. The number of H-pyrrole nitrogens is 1. The number of piperazine rings is 1. The number of ether oxygens (including phenoxy) is 2. The van der Waals surface area contributed by atoms with Crippen LogP contribution in [0.3, 0.4) is 0 Å². The van der Waals surface area contributed by atoms with Crippen molar-refractivity contribution < 1.29 is 18.7 Å². The topological polar surface area (TPSA) is 113 Å². The molecular weight excluding hydrogens is 574 g/mol. The van der Waals surface area contributed by atoms with E-state index in [-0.39, 0.29) is 18.2 Å². The third-order valence-electron chi connectivity index (χ3n) is 7.47. The molecule has 3 aromatic heterocycles. The lowest BCUT2D eigenvalue weighted by Crippen LogP contribution is -2.49. The summed E-state index contributed by atoms with van der Waals surface area (Å²) in [6.07, 6.45) is 1.24. The fraction of sp³-hybridized carbons (Fsp3) is 0.370. The molecule has 0 bridgehead atoms. The fourth-order valence-electron chi connectivity index (χ4n) is 5.38. The van der Waals surface area contributed by atoms with Gasteiger partial charge < -0.3 is 19.3 Å². The molecule has 14 heteroatoms. The van der Waals surface area contributed by atoms with E-state index in [9.17, 15) is 9.18 Å². The third kappa shape index (κ3) is 5.16. The molecule has 2 saturated heterocycles. The van der Waals surface area contributed by atoms with E-state index in [1.165, 1.54) is 4.90 Å². The molecule has 0 radical (unpaired) electrons. The normalized spacial score (nSPS) is 19.8. The van der Waals surface area contributed by atoms with Gasteiger partial charge in [-0.3, -0.25) is 14.8 Å². The lowest BCUT2D eigenvalue weighted by Gasteiger charge is -2.35. The number of nitrogens with zero attached hydrogens (tertiary/aromatic N) is 7. The van der Waals surface area contributed by atoms with Crippen LogP contribution in [0.4, 0.5) is 10.2 Å². The van der Waals surface area contributed by atoms with Crippen molar-refractivity contribution in [2.45, 2.75) is 12.2 Å². The quantitative estimate of drug-likeness (QED) is 0.331. The van der Waals surface area contributed by atoms with Crippen LogP contribution in [0.1, 0.15) is 0 Å². The number of likely N-dealkylation sites (tertiary alicyclic amines) is 1. The van der Waals surface area contributed by atoms with Gasteiger partial charge in [-0.05, 0) is 25.2 Å². The van der Waals surface area contributed by atoms with Crippen molar-refractivity contribution in [3.63, 3.8) is 0 Å². The largest absolute Gasteiger partial charge is 0.456 e. The summed E-state index contributed by atoms with van der Waals surface area (Å²) in [5, 5.41) is 9.23. The van der Waals surface area contributed by atoms with Gasteiger partial charge in [0.2, 0.25) is 0 Å². The molecule has 1 amide bonds. The van der Waals surface area contributed by atoms with Crippen LogP contribution in [0.25, 0.3) is 33.2 Å². The SMILES string of the molecule is C=C(F)C(=O)N1CCN(c2nc(O[C@@H]3CN(C)C[C@H]3OC)nc3nc(-c4c(Cl)c(Cl)cc5[nH]ncc45)ccc23)CC1. The summed E-state index contributed by atoms with van der Waals surface area (Å²) >= 11 is 13.1. The summed E-state index contributed by atoms with van der Waals surface area (Å²) in [5.41, 5.74) is 2.30. The van der Waals surface area contributed by atoms with Gasteiger partial charge in [0, 0.05) is 57.3 Å². The number of hydrogen-bond donors (Lipinski definition) is 1. The second kappa shape index (κ2) is 11.0. The molecule has 1 aromatic carbocycles. The Morgan fingerprint density at radius 2 is 1.85 bits per heavy atom. The lowest BCUT2D eigenvalue weighted by atomic mass is 10.1. The highest BCUT2D eigenvalue weighted by Crippen LogP contribution is 2.40. The van der Waals surface area contributed by atoms with Gasteiger partial charge in [0.25, 0.3) is 5.91 Å². The zero-order valence-corrected chi connectivity index (χ0v) is 23.9. The minimum absolute atomic E-state index is 0.148. The number of fused-ring (bicyclic) bond motifs is 2. The van der Waals surface area contributed by atoms with E-state index in [0.717, 1.165) is 10.9 Å². The van der Waals surface area contributed by atoms with Crippen molar-refractivity contribution in [3.8, 4) is 17.3 Å². The van der Waals surface area contributed by atoms with Gasteiger partial charge in [-0.25, -0.2) is 9.37 Å². The average molecular weight is 601 g/mol. The van der Waals surface area contributed by atoms with Gasteiger partial charge in [-0.1, -0.05) is 29.8 Å². The van der Waals surface area contributed by atoms with E-state index in [1.54, 1.807) is 19.4 Å². The zero-order chi connectivity index (χ0) is 28.8. The second-order valence-electron chi connectivity index (χ2n) is 10.1. The van der Waals surface area contributed by atoms with Crippen molar-refractivity contribution in [1.82, 2.24) is 34.9 Å². The Kier molecular flexibility index (Phi) is 7.41. The van der Waals surface area contributed by atoms with Crippen LogP contribution >= 0.6 is 23.2 Å². The number of amides is 1. The molecule has 41 heavy (non-hydrogen) atoms. The number of methoxy groups -OCH3 is 1. The summed E-state index contributed by atoms with van der Waals surface area (Å²) in [6, 6.07) is 5.58. The molecule has 2 fully saturated rings. The van der Waals surface area contributed by atoms with Crippen LogP contribution in [0.2, 0.25) is 10.0 Å². The summed E-state index contributed by atoms with van der Waals surface area (Å²) in [4.78, 5) is 32.0. The number of carbonyl (C=O) groups excluding carboxylic acids is 1. The molecule has 2 aliphatic rings. The number of aromatic nitrogens is 5. The van der Waals surface area contributed by atoms with Gasteiger partial charge in [0.05, 0.1) is 32.8 Å². The summed E-state index contributed by atoms with van der Waals surface area (Å²) in [6.45, 7) is 5.97. The lowest BCUT2D eigenvalue weighted by molar-refractivity contribution is -0.128. The van der Waals surface area contributed by atoms with Crippen molar-refractivity contribution in [2.24, 2.45) is 0 Å². The predicted molar refractivity (Wildman–Crippen MR) is 154 cm³/mol. The molecule has 5 heterocycles. The smallest absolute Gasteiger partial charge is 0.320 e. The Labute approximate surface area is 244 Å². The Morgan fingerprint density at radius 3 is 2.59 bits per heavy atom. The fourth-order valence-corrected chi connectivity index (χ4v) is 5.84.